The number of azo groups is 1. The number of hydrogen-bond donors (Lipinski definition) is 1. The third-order valence-corrected chi connectivity index (χ3v) is 5.25. The van der Waals surface area contributed by atoms with Crippen molar-refractivity contribution in [3.05, 3.63) is 65.4 Å². The lowest BCUT2D eigenvalue weighted by atomic mass is 9.91. The van der Waals surface area contributed by atoms with Crippen LogP contribution >= 0.6 is 0 Å². The molecule has 1 fully saturated rings. The maximum atomic E-state index is 12.7. The van der Waals surface area contributed by atoms with Gasteiger partial charge in [-0.2, -0.15) is 0 Å². The molecule has 3 aliphatic rings. The molecule has 1 atom stereocenters. The van der Waals surface area contributed by atoms with E-state index in [0.717, 1.165) is 18.4 Å². The number of nitrogens with one attached hydrogen (secondary N) is 1. The molecular weight excluding hydrogens is 354 g/mol. The van der Waals surface area contributed by atoms with Gasteiger partial charge >= 0.3 is 0 Å². The zero-order valence-electron chi connectivity index (χ0n) is 15.6. The Kier molecular flexibility index (Phi) is 5.58. The van der Waals surface area contributed by atoms with Gasteiger partial charge < -0.3 is 10.1 Å². The van der Waals surface area contributed by atoms with Crippen LogP contribution in [-0.2, 0) is 20.9 Å². The molecule has 1 aromatic rings. The number of hydrogen-bond acceptors (Lipinski definition) is 4. The van der Waals surface area contributed by atoms with Crippen LogP contribution in [0.3, 0.4) is 0 Å². The first-order valence-corrected chi connectivity index (χ1v) is 9.77. The number of carbonyl (C=O) groups excluding carboxylic acids is 2. The molecule has 0 saturated heterocycles. The van der Waals surface area contributed by atoms with Gasteiger partial charge in [0.15, 0.2) is 5.70 Å². The van der Waals surface area contributed by atoms with E-state index >= 15 is 0 Å². The largest absolute Gasteiger partial charge is 0.374 e. The molecule has 1 N–H and O–H groups in total. The molecule has 0 aromatic heterocycles. The van der Waals surface area contributed by atoms with Crippen molar-refractivity contribution in [3.8, 4) is 0 Å². The van der Waals surface area contributed by atoms with Crippen molar-refractivity contribution in [1.82, 2.24) is 0 Å². The number of carbonyl (C=O) groups is 2. The summed E-state index contributed by atoms with van der Waals surface area (Å²) in [6, 6.07) is 7.62. The van der Waals surface area contributed by atoms with Crippen LogP contribution in [0.2, 0.25) is 0 Å². The summed E-state index contributed by atoms with van der Waals surface area (Å²) in [5.41, 5.74) is 2.44. The Morgan fingerprint density at radius 1 is 1.14 bits per heavy atom. The summed E-state index contributed by atoms with van der Waals surface area (Å²) in [7, 11) is 0. The maximum Gasteiger partial charge on any atom is 0.276 e. The molecule has 1 unspecified atom stereocenters. The van der Waals surface area contributed by atoms with E-state index in [1.807, 2.05) is 24.3 Å². The number of nitrogens with zero attached hydrogens (tertiary/aromatic N) is 2. The standard InChI is InChI=1S/C22H23N3O3/c26-21-19-12-5-4-11-18(19)20(24-25-21)22(27)23-16-8-6-7-15(13-16)14-28-17-9-2-1-3-10-17/h4-8,11-13,17,19H,1-3,9-10,14H2,(H,23,27). The quantitative estimate of drug-likeness (QED) is 0.822. The molecule has 6 heteroatoms. The molecule has 28 heavy (non-hydrogen) atoms. The fourth-order valence-corrected chi connectivity index (χ4v) is 3.75. The van der Waals surface area contributed by atoms with Crippen LogP contribution in [0.5, 0.6) is 0 Å². The highest BCUT2D eigenvalue weighted by Crippen LogP contribution is 2.29. The first kappa shape index (κ1) is 18.5. The van der Waals surface area contributed by atoms with Crippen LogP contribution in [0.4, 0.5) is 5.69 Å². The topological polar surface area (TPSA) is 80.1 Å². The van der Waals surface area contributed by atoms with Crippen LogP contribution in [-0.4, -0.2) is 17.9 Å². The summed E-state index contributed by atoms with van der Waals surface area (Å²) in [4.78, 5) is 24.6. The molecule has 1 aliphatic heterocycles. The molecule has 0 spiro atoms. The second-order valence-corrected chi connectivity index (χ2v) is 7.29. The minimum atomic E-state index is -0.529. The van der Waals surface area contributed by atoms with Gasteiger partial charge in [0.25, 0.3) is 11.8 Å². The summed E-state index contributed by atoms with van der Waals surface area (Å²) >= 11 is 0. The number of allylic oxidation sites excluding steroid dienone is 3. The summed E-state index contributed by atoms with van der Waals surface area (Å²) in [6.07, 6.45) is 13.4. The van der Waals surface area contributed by atoms with E-state index in [1.165, 1.54) is 19.3 Å². The number of ether oxygens (including phenoxy) is 1. The van der Waals surface area contributed by atoms with E-state index in [-0.39, 0.29) is 17.5 Å². The molecule has 0 radical (unpaired) electrons. The van der Waals surface area contributed by atoms with Gasteiger partial charge in [-0.3, -0.25) is 9.59 Å². The number of benzene rings is 1. The zero-order valence-corrected chi connectivity index (χ0v) is 15.6. The van der Waals surface area contributed by atoms with Crippen LogP contribution in [0, 0.1) is 5.92 Å². The van der Waals surface area contributed by atoms with Crippen molar-refractivity contribution in [2.45, 2.75) is 44.8 Å². The molecule has 144 valence electrons. The second kappa shape index (κ2) is 8.44. The van der Waals surface area contributed by atoms with Crippen molar-refractivity contribution >= 4 is 17.5 Å². The van der Waals surface area contributed by atoms with E-state index in [9.17, 15) is 9.59 Å². The van der Waals surface area contributed by atoms with Gasteiger partial charge in [0.05, 0.1) is 18.6 Å². The third kappa shape index (κ3) is 4.17. The minimum Gasteiger partial charge on any atom is -0.374 e. The molecule has 1 aromatic carbocycles. The number of anilines is 1. The Balaban J connectivity index is 1.43. The van der Waals surface area contributed by atoms with Gasteiger partial charge in [-0.05, 0) is 30.5 Å². The van der Waals surface area contributed by atoms with Gasteiger partial charge in [-0.25, -0.2) is 0 Å². The van der Waals surface area contributed by atoms with Crippen molar-refractivity contribution < 1.29 is 14.3 Å². The average Bonchev–Trinajstić information content (AvgIpc) is 2.74. The SMILES string of the molecule is O=C(Nc1cccc(COC2CCCCC2)c1)C1=C2C=CC=CC2C(=O)N=N1. The molecule has 6 nitrogen and oxygen atoms in total. The molecule has 4 rings (SSSR count). The second-order valence-electron chi connectivity index (χ2n) is 7.29. The van der Waals surface area contributed by atoms with Crippen molar-refractivity contribution in [2.24, 2.45) is 16.1 Å². The lowest BCUT2D eigenvalue weighted by molar-refractivity contribution is -0.120. The Morgan fingerprint density at radius 2 is 2.00 bits per heavy atom. The van der Waals surface area contributed by atoms with Gasteiger partial charge in [0.2, 0.25) is 0 Å². The summed E-state index contributed by atoms with van der Waals surface area (Å²) in [5, 5.41) is 10.3. The van der Waals surface area contributed by atoms with E-state index in [2.05, 4.69) is 15.5 Å². The van der Waals surface area contributed by atoms with E-state index in [0.29, 0.717) is 24.0 Å². The fourth-order valence-electron chi connectivity index (χ4n) is 3.75. The summed E-state index contributed by atoms with van der Waals surface area (Å²) < 4.78 is 6.02. The predicted octanol–water partition coefficient (Wildman–Crippen LogP) is 4.46. The highest BCUT2D eigenvalue weighted by molar-refractivity contribution is 6.06. The highest BCUT2D eigenvalue weighted by Gasteiger charge is 2.30. The monoisotopic (exact) mass is 377 g/mol. The van der Waals surface area contributed by atoms with Gasteiger partial charge in [0.1, 0.15) is 0 Å². The van der Waals surface area contributed by atoms with Crippen molar-refractivity contribution in [2.75, 3.05) is 5.32 Å². The third-order valence-electron chi connectivity index (χ3n) is 5.25. The van der Waals surface area contributed by atoms with Crippen LogP contribution in [0.25, 0.3) is 0 Å². The Bertz CT molecular complexity index is 892. The predicted molar refractivity (Wildman–Crippen MR) is 105 cm³/mol. The average molecular weight is 377 g/mol. The van der Waals surface area contributed by atoms with Gasteiger partial charge in [-0.1, -0.05) is 55.7 Å². The van der Waals surface area contributed by atoms with Crippen LogP contribution in [0.15, 0.2) is 70.1 Å². The van der Waals surface area contributed by atoms with Gasteiger partial charge in [-0.15, -0.1) is 10.2 Å². The lowest BCUT2D eigenvalue weighted by Gasteiger charge is -2.22. The fraction of sp³-hybridized carbons (Fsp3) is 0.364. The minimum absolute atomic E-state index is 0.175. The van der Waals surface area contributed by atoms with Crippen LogP contribution < -0.4 is 5.32 Å². The Morgan fingerprint density at radius 3 is 2.86 bits per heavy atom. The van der Waals surface area contributed by atoms with Crippen LogP contribution in [0.1, 0.15) is 37.7 Å². The van der Waals surface area contributed by atoms with Gasteiger partial charge in [0, 0.05) is 11.3 Å². The highest BCUT2D eigenvalue weighted by atomic mass is 16.5. The smallest absolute Gasteiger partial charge is 0.276 e. The number of fused-ring (bicyclic) bond motifs is 1. The molecule has 0 bridgehead atoms. The zero-order chi connectivity index (χ0) is 19.3. The first-order chi connectivity index (χ1) is 13.7. The molecule has 2 amide bonds. The van der Waals surface area contributed by atoms with Crippen molar-refractivity contribution in [1.29, 1.82) is 0 Å². The normalized spacial score (nSPS) is 21.7. The Hall–Kier alpha value is -2.86. The number of amides is 2. The summed E-state index contributed by atoms with van der Waals surface area (Å²) in [6.45, 7) is 0.534. The molecular formula is C22H23N3O3. The maximum absolute atomic E-state index is 12.7. The first-order valence-electron chi connectivity index (χ1n) is 9.77. The van der Waals surface area contributed by atoms with E-state index < -0.39 is 5.92 Å². The lowest BCUT2D eigenvalue weighted by Crippen LogP contribution is -2.23. The Labute approximate surface area is 164 Å². The van der Waals surface area contributed by atoms with E-state index in [1.54, 1.807) is 24.3 Å². The molecule has 1 saturated carbocycles. The van der Waals surface area contributed by atoms with E-state index in [4.69, 9.17) is 4.74 Å². The molecule has 2 aliphatic carbocycles. The molecule has 1 heterocycles. The summed E-state index contributed by atoms with van der Waals surface area (Å²) in [5.74, 6) is -1.26. The number of rotatable bonds is 5. The van der Waals surface area contributed by atoms with Crippen molar-refractivity contribution in [3.63, 3.8) is 0 Å².